The number of carbonyl (C=O) groups excluding carboxylic acids is 1. The summed E-state index contributed by atoms with van der Waals surface area (Å²) in [4.78, 5) is 12.0. The molecule has 0 fully saturated rings. The molecule has 3 N–H and O–H groups in total. The third-order valence-corrected chi connectivity index (χ3v) is 4.64. The van der Waals surface area contributed by atoms with Gasteiger partial charge in [-0.15, -0.1) is 0 Å². The van der Waals surface area contributed by atoms with E-state index in [1.54, 1.807) is 19.1 Å². The van der Waals surface area contributed by atoms with E-state index in [4.69, 9.17) is 5.73 Å². The number of nitrogen functional groups attached to an aromatic ring is 1. The van der Waals surface area contributed by atoms with Crippen molar-refractivity contribution in [3.8, 4) is 0 Å². The summed E-state index contributed by atoms with van der Waals surface area (Å²) in [6.07, 6.45) is 1.74. The van der Waals surface area contributed by atoms with Crippen molar-refractivity contribution in [3.05, 3.63) is 29.3 Å². The second-order valence-electron chi connectivity index (χ2n) is 4.90. The number of anilines is 1. The second kappa shape index (κ2) is 7.42. The molecule has 0 aromatic heterocycles. The summed E-state index contributed by atoms with van der Waals surface area (Å²) in [7, 11) is -3.18. The van der Waals surface area contributed by atoms with Gasteiger partial charge in [0.2, 0.25) is 10.0 Å². The van der Waals surface area contributed by atoms with Crippen LogP contribution in [0.15, 0.2) is 18.2 Å². The molecular weight excluding hydrogens is 290 g/mol. The minimum absolute atomic E-state index is 0.237. The zero-order valence-corrected chi connectivity index (χ0v) is 13.5. The van der Waals surface area contributed by atoms with Crippen LogP contribution in [0.25, 0.3) is 0 Å². The van der Waals surface area contributed by atoms with Crippen LogP contribution in [0.1, 0.15) is 29.3 Å². The smallest absolute Gasteiger partial charge is 0.253 e. The van der Waals surface area contributed by atoms with Gasteiger partial charge in [-0.25, -0.2) is 12.7 Å². The fourth-order valence-electron chi connectivity index (χ4n) is 1.99. The molecule has 0 saturated heterocycles. The van der Waals surface area contributed by atoms with E-state index >= 15 is 0 Å². The van der Waals surface area contributed by atoms with Crippen LogP contribution in [-0.2, 0) is 10.0 Å². The van der Waals surface area contributed by atoms with Gasteiger partial charge in [-0.3, -0.25) is 4.79 Å². The Kier molecular flexibility index (Phi) is 6.17. The maximum Gasteiger partial charge on any atom is 0.253 e. The SMILES string of the molecule is CCN(CCCNC(=O)c1cccc(C)c1N)S(C)(=O)=O. The quantitative estimate of drug-likeness (QED) is 0.580. The third-order valence-electron chi connectivity index (χ3n) is 3.26. The summed E-state index contributed by atoms with van der Waals surface area (Å²) < 4.78 is 24.2. The monoisotopic (exact) mass is 313 g/mol. The molecule has 0 aliphatic carbocycles. The predicted molar refractivity (Wildman–Crippen MR) is 84.6 cm³/mol. The largest absolute Gasteiger partial charge is 0.398 e. The molecule has 1 aromatic rings. The Morgan fingerprint density at radius 3 is 2.62 bits per heavy atom. The third kappa shape index (κ3) is 5.02. The molecule has 0 atom stereocenters. The first-order valence-electron chi connectivity index (χ1n) is 6.85. The number of hydrogen-bond acceptors (Lipinski definition) is 4. The van der Waals surface area contributed by atoms with Gasteiger partial charge in [0.15, 0.2) is 0 Å². The van der Waals surface area contributed by atoms with Gasteiger partial charge in [0, 0.05) is 25.3 Å². The Hall–Kier alpha value is -1.60. The van der Waals surface area contributed by atoms with Crippen molar-refractivity contribution in [2.24, 2.45) is 0 Å². The van der Waals surface area contributed by atoms with Gasteiger partial charge in [-0.1, -0.05) is 19.1 Å². The highest BCUT2D eigenvalue weighted by Gasteiger charge is 2.14. The van der Waals surface area contributed by atoms with Crippen LogP contribution in [0.5, 0.6) is 0 Å². The Morgan fingerprint density at radius 1 is 1.38 bits per heavy atom. The molecule has 1 amide bonds. The highest BCUT2D eigenvalue weighted by molar-refractivity contribution is 7.88. The van der Waals surface area contributed by atoms with Crippen LogP contribution in [0.2, 0.25) is 0 Å². The molecule has 21 heavy (non-hydrogen) atoms. The lowest BCUT2D eigenvalue weighted by Gasteiger charge is -2.17. The van der Waals surface area contributed by atoms with E-state index < -0.39 is 10.0 Å². The molecule has 0 aliphatic rings. The number of hydrogen-bond donors (Lipinski definition) is 2. The summed E-state index contributed by atoms with van der Waals surface area (Å²) in [5.74, 6) is -0.237. The molecule has 118 valence electrons. The molecule has 0 saturated carbocycles. The van der Waals surface area contributed by atoms with Crippen LogP contribution < -0.4 is 11.1 Å². The maximum atomic E-state index is 12.0. The standard InChI is InChI=1S/C14H23N3O3S/c1-4-17(21(3,19)20)10-6-9-16-14(18)12-8-5-7-11(2)13(12)15/h5,7-8H,4,6,9-10,15H2,1-3H3,(H,16,18). The number of nitrogens with two attached hydrogens (primary N) is 1. The minimum atomic E-state index is -3.18. The zero-order chi connectivity index (χ0) is 16.0. The number of aryl methyl sites for hydroxylation is 1. The van der Waals surface area contributed by atoms with Crippen molar-refractivity contribution in [2.75, 3.05) is 31.6 Å². The molecule has 1 aromatic carbocycles. The molecule has 0 spiro atoms. The minimum Gasteiger partial charge on any atom is -0.398 e. The normalized spacial score (nSPS) is 11.6. The Labute approximate surface area is 126 Å². The summed E-state index contributed by atoms with van der Waals surface area (Å²) in [5.41, 5.74) is 7.65. The van der Waals surface area contributed by atoms with Gasteiger partial charge < -0.3 is 11.1 Å². The van der Waals surface area contributed by atoms with E-state index in [1.807, 2.05) is 13.0 Å². The highest BCUT2D eigenvalue weighted by atomic mass is 32.2. The molecule has 0 radical (unpaired) electrons. The average molecular weight is 313 g/mol. The van der Waals surface area contributed by atoms with Gasteiger partial charge in [-0.05, 0) is 25.0 Å². The van der Waals surface area contributed by atoms with E-state index in [0.29, 0.717) is 37.3 Å². The van der Waals surface area contributed by atoms with Gasteiger partial charge in [-0.2, -0.15) is 0 Å². The number of carbonyl (C=O) groups is 1. The first-order valence-corrected chi connectivity index (χ1v) is 8.70. The van der Waals surface area contributed by atoms with Crippen LogP contribution in [0.3, 0.4) is 0 Å². The lowest BCUT2D eigenvalue weighted by atomic mass is 10.1. The van der Waals surface area contributed by atoms with Crippen LogP contribution in [-0.4, -0.2) is 44.5 Å². The number of nitrogens with one attached hydrogen (secondary N) is 1. The number of rotatable bonds is 7. The fraction of sp³-hybridized carbons (Fsp3) is 0.500. The molecule has 1 rings (SSSR count). The van der Waals surface area contributed by atoms with Crippen molar-refractivity contribution in [3.63, 3.8) is 0 Å². The molecule has 0 bridgehead atoms. The summed E-state index contributed by atoms with van der Waals surface area (Å²) in [6, 6.07) is 5.30. The Bertz CT molecular complexity index is 599. The lowest BCUT2D eigenvalue weighted by Crippen LogP contribution is -2.33. The van der Waals surface area contributed by atoms with Crippen molar-refractivity contribution >= 4 is 21.6 Å². The van der Waals surface area contributed by atoms with Gasteiger partial charge in [0.05, 0.1) is 11.8 Å². The van der Waals surface area contributed by atoms with E-state index in [9.17, 15) is 13.2 Å². The Morgan fingerprint density at radius 2 is 2.05 bits per heavy atom. The zero-order valence-electron chi connectivity index (χ0n) is 12.7. The summed E-state index contributed by atoms with van der Waals surface area (Å²) >= 11 is 0. The fourth-order valence-corrected chi connectivity index (χ4v) is 2.92. The highest BCUT2D eigenvalue weighted by Crippen LogP contribution is 2.15. The number of amides is 1. The summed E-state index contributed by atoms with van der Waals surface area (Å²) in [6.45, 7) is 4.85. The van der Waals surface area contributed by atoms with E-state index in [2.05, 4.69) is 5.32 Å². The molecular formula is C14H23N3O3S. The number of benzene rings is 1. The number of nitrogens with zero attached hydrogens (tertiary/aromatic N) is 1. The first kappa shape index (κ1) is 17.5. The molecule has 6 nitrogen and oxygen atoms in total. The van der Waals surface area contributed by atoms with Crippen molar-refractivity contribution < 1.29 is 13.2 Å². The average Bonchev–Trinajstić information content (AvgIpc) is 2.40. The number of para-hydroxylation sites is 1. The molecule has 0 heterocycles. The lowest BCUT2D eigenvalue weighted by molar-refractivity contribution is 0.0953. The first-order chi connectivity index (χ1) is 9.77. The Balaban J connectivity index is 2.49. The van der Waals surface area contributed by atoms with Crippen LogP contribution in [0.4, 0.5) is 5.69 Å². The van der Waals surface area contributed by atoms with E-state index in [0.717, 1.165) is 5.56 Å². The molecule has 7 heteroatoms. The van der Waals surface area contributed by atoms with Crippen molar-refractivity contribution in [2.45, 2.75) is 20.3 Å². The van der Waals surface area contributed by atoms with Crippen LogP contribution >= 0.6 is 0 Å². The number of sulfonamides is 1. The maximum absolute atomic E-state index is 12.0. The molecule has 0 aliphatic heterocycles. The molecule has 0 unspecified atom stereocenters. The van der Waals surface area contributed by atoms with Gasteiger partial charge in [0.25, 0.3) is 5.91 Å². The van der Waals surface area contributed by atoms with Crippen LogP contribution in [0, 0.1) is 6.92 Å². The van der Waals surface area contributed by atoms with Gasteiger partial charge in [0.1, 0.15) is 0 Å². The van der Waals surface area contributed by atoms with Crippen molar-refractivity contribution in [1.29, 1.82) is 0 Å². The topological polar surface area (TPSA) is 92.5 Å². The summed E-state index contributed by atoms with van der Waals surface area (Å²) in [5, 5.41) is 2.76. The van der Waals surface area contributed by atoms with Gasteiger partial charge >= 0.3 is 0 Å². The van der Waals surface area contributed by atoms with Crippen molar-refractivity contribution in [1.82, 2.24) is 9.62 Å². The second-order valence-corrected chi connectivity index (χ2v) is 6.88. The predicted octanol–water partition coefficient (Wildman–Crippen LogP) is 0.979. The van der Waals surface area contributed by atoms with E-state index in [1.165, 1.54) is 10.6 Å². The van der Waals surface area contributed by atoms with E-state index in [-0.39, 0.29) is 5.91 Å².